The van der Waals surface area contributed by atoms with E-state index in [1.54, 1.807) is 0 Å². The van der Waals surface area contributed by atoms with Crippen LogP contribution in [0.5, 0.6) is 0 Å². The molecule has 3 aliphatic rings. The van der Waals surface area contributed by atoms with Gasteiger partial charge in [-0.2, -0.15) is 0 Å². The number of hydrogen-bond acceptors (Lipinski definition) is 2. The Hall–Kier alpha value is 0.210. The van der Waals surface area contributed by atoms with Crippen LogP contribution in [0.1, 0.15) is 12.8 Å². The first-order valence-electron chi connectivity index (χ1n) is 3.72. The molecule has 0 aromatic carbocycles. The number of rotatable bonds is 1. The fourth-order valence-electron chi connectivity index (χ4n) is 1.78. The third-order valence-electron chi connectivity index (χ3n) is 2.65. The molecule has 0 amide bonds. The number of ether oxygens (including phenoxy) is 1. The highest BCUT2D eigenvalue weighted by Gasteiger charge is 2.39. The van der Waals surface area contributed by atoms with Gasteiger partial charge in [-0.1, -0.05) is 0 Å². The second-order valence-electron chi connectivity index (χ2n) is 3.18. The van der Waals surface area contributed by atoms with Crippen molar-refractivity contribution in [2.24, 2.45) is 17.6 Å². The van der Waals surface area contributed by atoms with E-state index in [1.807, 2.05) is 0 Å². The minimum absolute atomic E-state index is 0. The van der Waals surface area contributed by atoms with E-state index >= 15 is 0 Å². The summed E-state index contributed by atoms with van der Waals surface area (Å²) >= 11 is 0. The van der Waals surface area contributed by atoms with Crippen LogP contribution in [0.15, 0.2) is 0 Å². The van der Waals surface area contributed by atoms with Gasteiger partial charge in [0.25, 0.3) is 0 Å². The van der Waals surface area contributed by atoms with Gasteiger partial charge in [0.2, 0.25) is 0 Å². The van der Waals surface area contributed by atoms with Gasteiger partial charge < -0.3 is 10.5 Å². The lowest BCUT2D eigenvalue weighted by atomic mass is 9.71. The zero-order valence-electron chi connectivity index (χ0n) is 5.95. The van der Waals surface area contributed by atoms with Gasteiger partial charge in [-0.05, 0) is 31.2 Å². The predicted octanol–water partition coefficient (Wildman–Crippen LogP) is 0.792. The molecule has 3 heteroatoms. The van der Waals surface area contributed by atoms with Crippen LogP contribution in [0, 0.1) is 11.8 Å². The van der Waals surface area contributed by atoms with E-state index in [0.717, 1.165) is 19.1 Å². The molecule has 0 spiro atoms. The molecule has 2 nitrogen and oxygen atoms in total. The van der Waals surface area contributed by atoms with E-state index in [1.165, 1.54) is 12.8 Å². The van der Waals surface area contributed by atoms with Crippen LogP contribution in [0.25, 0.3) is 0 Å². The van der Waals surface area contributed by atoms with E-state index < -0.39 is 0 Å². The average molecular weight is 164 g/mol. The van der Waals surface area contributed by atoms with Crippen molar-refractivity contribution in [3.63, 3.8) is 0 Å². The summed E-state index contributed by atoms with van der Waals surface area (Å²) in [7, 11) is 0. The average Bonchev–Trinajstić information content (AvgIpc) is 1.86. The van der Waals surface area contributed by atoms with E-state index in [0.29, 0.717) is 12.0 Å². The maximum Gasteiger partial charge on any atom is 0.0580 e. The fourth-order valence-corrected chi connectivity index (χ4v) is 1.78. The number of hydrogen-bond donors (Lipinski definition) is 1. The van der Waals surface area contributed by atoms with Crippen molar-refractivity contribution >= 4 is 12.4 Å². The molecule has 2 heterocycles. The second kappa shape index (κ2) is 3.07. The first-order valence-corrected chi connectivity index (χ1v) is 3.72. The molecule has 60 valence electrons. The molecule has 2 bridgehead atoms. The Kier molecular flexibility index (Phi) is 2.55. The van der Waals surface area contributed by atoms with Crippen LogP contribution in [0.3, 0.4) is 0 Å². The summed E-state index contributed by atoms with van der Waals surface area (Å²) in [6.45, 7) is 1.74. The van der Waals surface area contributed by atoms with Crippen molar-refractivity contribution in [1.82, 2.24) is 0 Å². The molecule has 1 unspecified atom stereocenters. The smallest absolute Gasteiger partial charge is 0.0580 e. The molecule has 1 saturated carbocycles. The Balaban J connectivity index is 0.000000500. The number of halogens is 1. The zero-order valence-corrected chi connectivity index (χ0v) is 6.77. The third-order valence-corrected chi connectivity index (χ3v) is 2.65. The maximum absolute atomic E-state index is 5.54. The Labute approximate surface area is 67.5 Å². The third kappa shape index (κ3) is 1.16. The zero-order chi connectivity index (χ0) is 6.27. The van der Waals surface area contributed by atoms with E-state index in [-0.39, 0.29) is 12.4 Å². The second-order valence-corrected chi connectivity index (χ2v) is 3.18. The van der Waals surface area contributed by atoms with E-state index in [9.17, 15) is 0 Å². The molecule has 1 aliphatic carbocycles. The Morgan fingerprint density at radius 1 is 1.40 bits per heavy atom. The highest BCUT2D eigenvalue weighted by Crippen LogP contribution is 2.40. The lowest BCUT2D eigenvalue weighted by Crippen LogP contribution is -2.47. The molecule has 3 rings (SSSR count). The van der Waals surface area contributed by atoms with E-state index in [2.05, 4.69) is 0 Å². The van der Waals surface area contributed by atoms with Gasteiger partial charge >= 0.3 is 0 Å². The van der Waals surface area contributed by atoms with Crippen LogP contribution < -0.4 is 5.73 Å². The first-order chi connectivity index (χ1) is 4.40. The van der Waals surface area contributed by atoms with Crippen molar-refractivity contribution in [2.45, 2.75) is 18.9 Å². The predicted molar refractivity (Wildman–Crippen MR) is 42.3 cm³/mol. The minimum Gasteiger partial charge on any atom is -0.378 e. The Bertz CT molecular complexity index is 111. The summed E-state index contributed by atoms with van der Waals surface area (Å²) in [4.78, 5) is 0. The van der Waals surface area contributed by atoms with Crippen molar-refractivity contribution in [2.75, 3.05) is 13.2 Å². The highest BCUT2D eigenvalue weighted by molar-refractivity contribution is 5.85. The lowest BCUT2D eigenvalue weighted by Gasteiger charge is -2.45. The van der Waals surface area contributed by atoms with Gasteiger partial charge in [0.05, 0.1) is 12.7 Å². The fraction of sp³-hybridized carbons (Fsp3) is 1.00. The van der Waals surface area contributed by atoms with Gasteiger partial charge in [-0.3, -0.25) is 0 Å². The molecule has 2 aliphatic heterocycles. The molecular weight excluding hydrogens is 150 g/mol. The van der Waals surface area contributed by atoms with Crippen molar-refractivity contribution in [3.8, 4) is 0 Å². The van der Waals surface area contributed by atoms with Crippen molar-refractivity contribution < 1.29 is 4.74 Å². The molecule has 2 saturated heterocycles. The highest BCUT2D eigenvalue weighted by atomic mass is 35.5. The summed E-state index contributed by atoms with van der Waals surface area (Å²) in [6.07, 6.45) is 3.17. The molecule has 10 heavy (non-hydrogen) atoms. The van der Waals surface area contributed by atoms with Crippen LogP contribution in [0.2, 0.25) is 0 Å². The van der Waals surface area contributed by atoms with Gasteiger partial charge in [0, 0.05) is 0 Å². The minimum atomic E-state index is 0. The van der Waals surface area contributed by atoms with E-state index in [4.69, 9.17) is 10.5 Å². The molecule has 1 atom stereocenters. The molecule has 2 N–H and O–H groups in total. The summed E-state index contributed by atoms with van der Waals surface area (Å²) in [5, 5.41) is 0. The normalized spacial score (nSPS) is 43.5. The number of nitrogens with two attached hydrogens (primary N) is 1. The summed E-state index contributed by atoms with van der Waals surface area (Å²) in [5.41, 5.74) is 5.54. The Morgan fingerprint density at radius 3 is 2.40 bits per heavy atom. The summed E-state index contributed by atoms with van der Waals surface area (Å²) in [6, 6.07) is 0. The monoisotopic (exact) mass is 163 g/mol. The Morgan fingerprint density at radius 2 is 2.10 bits per heavy atom. The van der Waals surface area contributed by atoms with Crippen LogP contribution >= 0.6 is 12.4 Å². The van der Waals surface area contributed by atoms with Crippen LogP contribution in [-0.4, -0.2) is 19.3 Å². The van der Waals surface area contributed by atoms with Crippen molar-refractivity contribution in [1.29, 1.82) is 0 Å². The lowest BCUT2D eigenvalue weighted by molar-refractivity contribution is -0.124. The summed E-state index contributed by atoms with van der Waals surface area (Å²) in [5.74, 6) is 1.59. The summed E-state index contributed by atoms with van der Waals surface area (Å²) < 4.78 is 5.47. The van der Waals surface area contributed by atoms with Crippen LogP contribution in [-0.2, 0) is 4.74 Å². The van der Waals surface area contributed by atoms with Crippen LogP contribution in [0.4, 0.5) is 0 Å². The SMILES string of the molecule is Cl.NCC1COC2CC1C2. The topological polar surface area (TPSA) is 35.2 Å². The molecular formula is C7H14ClNO. The quantitative estimate of drug-likeness (QED) is 0.621. The standard InChI is InChI=1S/C7H13NO.ClH/c8-3-6-4-9-7-1-5(6)2-7;/h5-7H,1-4,8H2;1H. The van der Waals surface area contributed by atoms with Crippen molar-refractivity contribution in [3.05, 3.63) is 0 Å². The molecule has 0 aromatic heterocycles. The van der Waals surface area contributed by atoms with Gasteiger partial charge in [-0.25, -0.2) is 0 Å². The van der Waals surface area contributed by atoms with Gasteiger partial charge in [0.1, 0.15) is 0 Å². The number of fused-ring (bicyclic) bond motifs is 2. The molecule has 0 radical (unpaired) electrons. The largest absolute Gasteiger partial charge is 0.378 e. The first kappa shape index (κ1) is 8.31. The maximum atomic E-state index is 5.54. The van der Waals surface area contributed by atoms with Gasteiger partial charge in [0.15, 0.2) is 0 Å². The van der Waals surface area contributed by atoms with Gasteiger partial charge in [-0.15, -0.1) is 12.4 Å². The molecule has 0 aromatic rings. The molecule has 3 fully saturated rings.